The van der Waals surface area contributed by atoms with Gasteiger partial charge in [0.2, 0.25) is 28.5 Å². The Morgan fingerprint density at radius 1 is 0.317 bits per heavy atom. The van der Waals surface area contributed by atoms with Gasteiger partial charge in [-0.3, -0.25) is 24.0 Å². The molecule has 10 heterocycles. The zero-order chi connectivity index (χ0) is 83.2. The summed E-state index contributed by atoms with van der Waals surface area (Å²) in [6.45, 7) is 27.0. The maximum Gasteiger partial charge on any atom is 0.213 e. The first kappa shape index (κ1) is 77.5. The highest BCUT2D eigenvalue weighted by atomic mass is 16.1. The van der Waals surface area contributed by atoms with Crippen molar-refractivity contribution in [1.82, 2.24) is 0 Å². The summed E-state index contributed by atoms with van der Waals surface area (Å²) in [5.41, 5.74) is 36.5. The van der Waals surface area contributed by atoms with Crippen LogP contribution in [0.2, 0.25) is 0 Å². The molecule has 10 aromatic carbocycles. The van der Waals surface area contributed by atoms with Crippen LogP contribution in [-0.4, -0.2) is 28.9 Å². The van der Waals surface area contributed by atoms with Crippen LogP contribution in [0.4, 0.5) is 0 Å². The second kappa shape index (κ2) is 30.7. The van der Waals surface area contributed by atoms with Gasteiger partial charge in [0, 0.05) is 92.1 Å². The van der Waals surface area contributed by atoms with Gasteiger partial charge in [0.15, 0.2) is 92.6 Å². The molecule has 7 aliphatic rings. The van der Waals surface area contributed by atoms with E-state index in [-0.39, 0.29) is 51.1 Å². The van der Waals surface area contributed by atoms with Crippen LogP contribution < -0.4 is 22.8 Å². The van der Waals surface area contributed by atoms with Gasteiger partial charge in [0.05, 0.1) is 50.1 Å². The first-order valence-electron chi connectivity index (χ1n) is 41.7. The maximum absolute atomic E-state index is 12.9. The zero-order valence-corrected chi connectivity index (χ0v) is 69.9. The third-order valence-electron chi connectivity index (χ3n) is 25.2. The summed E-state index contributed by atoms with van der Waals surface area (Å²) in [5.74, 6) is 0.612. The van der Waals surface area contributed by atoms with E-state index in [9.17, 15) is 24.0 Å². The highest BCUT2D eigenvalue weighted by molar-refractivity contribution is 6.09. The number of carbonyl (C=O) groups is 5. The molecule has 15 aromatic rings. The minimum absolute atomic E-state index is 0.00239. The Labute approximate surface area is 702 Å². The molecular weight excluding hydrogens is 1470 g/mol. The standard InChI is InChI=1S/C28H22NO.C23H20NO.C23H22NO.C18H14NO.C18H18NO/c1-28(2)24-11-7-6-10-21(24)23-14-20-17-29-16-19(27(30)18-8-4-3-5-9-18)12-13-26(29)22(20)15-25(23)28;1-14(25)15-8-9-22-18-11-21-19(10-16(18)13-24(22)12-15)17-6-4-5-7-20(17)23(21,2)3;1-23(2,3)19-11-8-16(9-12-19)22(25)18-10-13-21-20-7-5-4-6-17(20)14-24(21)15-18;1-12(20)15-6-7-18-17-9-14-5-3-2-4-13(14)8-16(17)11-19(18)10-15;1-13(2)18(20)15-8-9-17-10-16(12-19(17)11-15)14-6-4-3-5-7-14/h3-16H,17H2,1-2H3;4-12H,13H2,1-3H3;4-13,15H,14H2,1-3H3;2-10H,11H2,1H3;3-11,13H,12H2,1-2H3/q5*+1. The van der Waals surface area contributed by atoms with Crippen LogP contribution in [0.1, 0.15) is 200 Å². The van der Waals surface area contributed by atoms with Gasteiger partial charge in [-0.05, 0) is 158 Å². The highest BCUT2D eigenvalue weighted by Crippen LogP contribution is 2.53. The van der Waals surface area contributed by atoms with E-state index in [1.54, 1.807) is 13.8 Å². The molecule has 0 bridgehead atoms. The molecule has 0 atom stereocenters. The topological polar surface area (TPSA) is 105 Å². The third-order valence-corrected chi connectivity index (χ3v) is 25.2. The molecule has 0 saturated heterocycles. The third kappa shape index (κ3) is 14.3. The Kier molecular flexibility index (Phi) is 19.8. The lowest BCUT2D eigenvalue weighted by Gasteiger charge is -2.21. The van der Waals surface area contributed by atoms with E-state index in [1.807, 2.05) is 130 Å². The van der Waals surface area contributed by atoms with E-state index < -0.39 is 0 Å². The van der Waals surface area contributed by atoms with Gasteiger partial charge in [-0.25, -0.2) is 0 Å². The van der Waals surface area contributed by atoms with Gasteiger partial charge < -0.3 is 0 Å². The molecule has 120 heavy (non-hydrogen) atoms. The Balaban J connectivity index is 0.000000104. The highest BCUT2D eigenvalue weighted by Gasteiger charge is 2.42. The van der Waals surface area contributed by atoms with Gasteiger partial charge in [0.1, 0.15) is 0 Å². The van der Waals surface area contributed by atoms with Gasteiger partial charge >= 0.3 is 0 Å². The van der Waals surface area contributed by atoms with Gasteiger partial charge in [-0.15, -0.1) is 0 Å². The molecule has 2 aliphatic carbocycles. The fourth-order valence-corrected chi connectivity index (χ4v) is 18.6. The molecule has 5 aliphatic heterocycles. The number of nitrogens with zero attached hydrogens (tertiary/aromatic N) is 5. The fourth-order valence-electron chi connectivity index (χ4n) is 18.6. The van der Waals surface area contributed by atoms with Crippen molar-refractivity contribution in [3.05, 3.63) is 410 Å². The van der Waals surface area contributed by atoms with Crippen LogP contribution in [0.5, 0.6) is 0 Å². The molecule has 10 nitrogen and oxygen atoms in total. The van der Waals surface area contributed by atoms with Crippen LogP contribution in [0.25, 0.3) is 89.7 Å². The number of fused-ring (bicyclic) bond motifs is 20. The summed E-state index contributed by atoms with van der Waals surface area (Å²) in [6.07, 6.45) is 12.1. The molecule has 10 heteroatoms. The van der Waals surface area contributed by atoms with E-state index in [4.69, 9.17) is 0 Å². The van der Waals surface area contributed by atoms with Gasteiger partial charge in [0.25, 0.3) is 0 Å². The van der Waals surface area contributed by atoms with Crippen molar-refractivity contribution in [2.24, 2.45) is 5.92 Å². The van der Waals surface area contributed by atoms with Crippen LogP contribution in [0.15, 0.2) is 310 Å². The maximum atomic E-state index is 12.9. The number of allylic oxidation sites excluding steroid dienone is 1. The first-order chi connectivity index (χ1) is 57.8. The summed E-state index contributed by atoms with van der Waals surface area (Å²) in [5, 5.41) is 2.53. The summed E-state index contributed by atoms with van der Waals surface area (Å²) in [4.78, 5) is 61.0. The summed E-state index contributed by atoms with van der Waals surface area (Å²) >= 11 is 0. The fraction of sp³-hybridized carbons (Fsp3) is 0.182. The lowest BCUT2D eigenvalue weighted by atomic mass is 9.81. The number of rotatable bonds is 9. The monoisotopic (exact) mass is 1570 g/mol. The average molecular weight is 1570 g/mol. The Bertz CT molecular complexity index is 6820. The number of aromatic nitrogens is 5. The van der Waals surface area contributed by atoms with Crippen molar-refractivity contribution in [2.75, 3.05) is 0 Å². The Hall–Kier alpha value is -13.7. The largest absolute Gasteiger partial charge is 0.294 e. The Morgan fingerprint density at radius 2 is 0.700 bits per heavy atom. The normalized spacial score (nSPS) is 13.7. The lowest BCUT2D eigenvalue weighted by molar-refractivity contribution is -0.682. The van der Waals surface area contributed by atoms with Crippen molar-refractivity contribution in [3.8, 4) is 67.3 Å². The van der Waals surface area contributed by atoms with E-state index in [0.29, 0.717) is 0 Å². The number of pyridine rings is 5. The zero-order valence-electron chi connectivity index (χ0n) is 69.9. The molecule has 0 unspecified atom stereocenters. The quantitative estimate of drug-likeness (QED) is 0.106. The molecule has 22 rings (SSSR count). The molecule has 5 aromatic heterocycles. The molecule has 0 fully saturated rings. The number of carbonyl (C=O) groups excluding carboxylic acids is 5. The van der Waals surface area contributed by atoms with Crippen molar-refractivity contribution < 1.29 is 46.8 Å². The predicted octanol–water partition coefficient (Wildman–Crippen LogP) is 21.3. The lowest BCUT2D eigenvalue weighted by Crippen LogP contribution is -2.35. The molecular formula is C110H96N5O5+5. The number of hydrogen-bond acceptors (Lipinski definition) is 5. The van der Waals surface area contributed by atoms with Gasteiger partial charge in [-0.2, -0.15) is 22.8 Å². The minimum Gasteiger partial charge on any atom is -0.294 e. The Morgan fingerprint density at radius 3 is 1.20 bits per heavy atom. The van der Waals surface area contributed by atoms with Crippen molar-refractivity contribution in [2.45, 2.75) is 125 Å². The number of hydrogen-bond donors (Lipinski definition) is 0. The van der Waals surface area contributed by atoms with Crippen LogP contribution in [-0.2, 0) is 49.0 Å². The number of Topliss-reactive ketones (excluding diaryl/α,β-unsaturated/α-hetero) is 3. The summed E-state index contributed by atoms with van der Waals surface area (Å²) in [7, 11) is 0. The molecule has 586 valence electrons. The second-order valence-corrected chi connectivity index (χ2v) is 35.2. The van der Waals surface area contributed by atoms with Crippen molar-refractivity contribution >= 4 is 51.3 Å². The SMILES string of the molecule is CC(=O)c1ccc2[n+](c1)Cc1cc3c(cc1-2)C(C)(C)c1ccccc1-3.CC(=O)c1ccc2[n+](c1)Cc1cc3ccccc3cc1-2.CC(C)(C)c1ccc(C(=O)c2ccc3[n+](c2)Cc2ccccc2-3)cc1.CC(C)C(=O)c1ccc2[n+](c1)CC(c1ccccc1)=C2.CC1(C)c2ccccc2-c2cc3c(cc21)-c1ccc(C(=O)c2ccccc2)c[n+]1C3. The molecule has 0 radical (unpaired) electrons. The van der Waals surface area contributed by atoms with E-state index >= 15 is 0 Å². The summed E-state index contributed by atoms with van der Waals surface area (Å²) in [6, 6.07) is 96.2. The number of ketones is 5. The van der Waals surface area contributed by atoms with E-state index in [0.717, 1.165) is 77.4 Å². The number of benzene rings is 10. The van der Waals surface area contributed by atoms with E-state index in [2.05, 4.69) is 272 Å². The van der Waals surface area contributed by atoms with Crippen LogP contribution in [0.3, 0.4) is 0 Å². The smallest absolute Gasteiger partial charge is 0.213 e. The van der Waals surface area contributed by atoms with Crippen LogP contribution in [0, 0.1) is 5.92 Å². The first-order valence-corrected chi connectivity index (χ1v) is 41.7. The average Bonchev–Trinajstić information content (AvgIpc) is 1.56. The second-order valence-electron chi connectivity index (χ2n) is 35.2. The van der Waals surface area contributed by atoms with Crippen LogP contribution >= 0.6 is 0 Å². The summed E-state index contributed by atoms with van der Waals surface area (Å²) < 4.78 is 10.9. The van der Waals surface area contributed by atoms with E-state index in [1.165, 1.54) is 139 Å². The predicted molar refractivity (Wildman–Crippen MR) is 476 cm³/mol. The molecule has 0 amide bonds. The van der Waals surface area contributed by atoms with Crippen molar-refractivity contribution in [3.63, 3.8) is 0 Å². The molecule has 0 N–H and O–H groups in total. The van der Waals surface area contributed by atoms with Crippen molar-refractivity contribution in [1.29, 1.82) is 0 Å². The molecule has 0 spiro atoms. The van der Waals surface area contributed by atoms with Gasteiger partial charge in [-0.1, -0.05) is 238 Å². The minimum atomic E-state index is -0.00239. The molecule has 0 saturated carbocycles.